The van der Waals surface area contributed by atoms with Gasteiger partial charge in [0.05, 0.1) is 0 Å². The number of aromatic nitrogens is 3. The Morgan fingerprint density at radius 2 is 2.10 bits per heavy atom. The Kier molecular flexibility index (Phi) is 2.85. The van der Waals surface area contributed by atoms with E-state index in [0.29, 0.717) is 24.1 Å². The van der Waals surface area contributed by atoms with E-state index in [1.54, 1.807) is 6.20 Å². The van der Waals surface area contributed by atoms with Gasteiger partial charge in [-0.25, -0.2) is 4.98 Å². The van der Waals surface area contributed by atoms with E-state index in [-0.39, 0.29) is 0 Å². The van der Waals surface area contributed by atoms with Crippen molar-refractivity contribution in [1.29, 1.82) is 0 Å². The zero-order valence-corrected chi connectivity index (χ0v) is 12.0. The van der Waals surface area contributed by atoms with Crippen LogP contribution in [-0.2, 0) is 0 Å². The fraction of sp³-hybridized carbons (Fsp3) is 0.214. The lowest BCUT2D eigenvalue weighted by atomic mass is 10.2. The molecule has 1 aliphatic heterocycles. The van der Waals surface area contributed by atoms with Crippen LogP contribution in [0.15, 0.2) is 35.0 Å². The molecule has 7 heteroatoms. The molecule has 1 unspecified atom stereocenters. The largest absolute Gasteiger partial charge is 0.485 e. The molecule has 4 rings (SSSR count). The summed E-state index contributed by atoms with van der Waals surface area (Å²) < 4.78 is 16.8. The average molecular weight is 301 g/mol. The van der Waals surface area contributed by atoms with E-state index < -0.39 is 6.10 Å². The van der Waals surface area contributed by atoms with Crippen LogP contribution in [0.5, 0.6) is 11.5 Å². The first kappa shape index (κ1) is 12.3. The van der Waals surface area contributed by atoms with Crippen LogP contribution in [0.1, 0.15) is 16.9 Å². The molecular formula is C14H11N3O3S. The van der Waals surface area contributed by atoms with Gasteiger partial charge in [0.15, 0.2) is 16.5 Å². The highest BCUT2D eigenvalue weighted by molar-refractivity contribution is 7.14. The van der Waals surface area contributed by atoms with Crippen molar-refractivity contribution in [3.63, 3.8) is 0 Å². The fourth-order valence-corrected chi connectivity index (χ4v) is 2.74. The number of benzene rings is 1. The van der Waals surface area contributed by atoms with Gasteiger partial charge in [0, 0.05) is 11.1 Å². The Labute approximate surface area is 124 Å². The van der Waals surface area contributed by atoms with Crippen LogP contribution in [0.2, 0.25) is 0 Å². The number of hydrogen-bond acceptors (Lipinski definition) is 7. The average Bonchev–Trinajstić information content (AvgIpc) is 3.15. The van der Waals surface area contributed by atoms with Crippen molar-refractivity contribution in [3.8, 4) is 22.3 Å². The molecule has 0 saturated heterocycles. The first-order valence-electron chi connectivity index (χ1n) is 6.44. The van der Waals surface area contributed by atoms with E-state index in [0.717, 1.165) is 15.6 Å². The molecule has 2 aromatic heterocycles. The normalized spacial score (nSPS) is 16.9. The number of ether oxygens (including phenoxy) is 2. The lowest BCUT2D eigenvalue weighted by molar-refractivity contribution is 0.0665. The summed E-state index contributed by atoms with van der Waals surface area (Å²) in [7, 11) is 0. The van der Waals surface area contributed by atoms with Gasteiger partial charge < -0.3 is 14.0 Å². The van der Waals surface area contributed by atoms with E-state index in [1.807, 2.05) is 31.2 Å². The van der Waals surface area contributed by atoms with Gasteiger partial charge in [-0.1, -0.05) is 17.3 Å². The molecule has 3 aromatic rings. The molecule has 0 amide bonds. The van der Waals surface area contributed by atoms with Crippen LogP contribution in [0.25, 0.3) is 10.8 Å². The van der Waals surface area contributed by atoms with Crippen LogP contribution in [0.3, 0.4) is 0 Å². The third-order valence-corrected chi connectivity index (χ3v) is 3.95. The van der Waals surface area contributed by atoms with Gasteiger partial charge in [0.2, 0.25) is 11.9 Å². The molecule has 0 N–H and O–H groups in total. The van der Waals surface area contributed by atoms with Gasteiger partial charge in [-0.2, -0.15) is 4.98 Å². The summed E-state index contributed by atoms with van der Waals surface area (Å²) in [5.74, 6) is 2.28. The van der Waals surface area contributed by atoms with Gasteiger partial charge in [-0.3, -0.25) is 0 Å². The maximum atomic E-state index is 5.83. The molecule has 0 bridgehead atoms. The minimum atomic E-state index is -0.401. The molecule has 0 fully saturated rings. The first-order chi connectivity index (χ1) is 10.3. The molecule has 106 valence electrons. The Morgan fingerprint density at radius 1 is 1.24 bits per heavy atom. The SMILES string of the molecule is Cc1cnc(-c2noc(C3COc4ccccc4O3)n2)s1. The predicted octanol–water partition coefficient (Wildman–Crippen LogP) is 3.01. The molecule has 0 saturated carbocycles. The number of aryl methyl sites for hydroxylation is 1. The third-order valence-electron chi connectivity index (χ3n) is 3.04. The summed E-state index contributed by atoms with van der Waals surface area (Å²) in [6.07, 6.45) is 1.38. The highest BCUT2D eigenvalue weighted by Crippen LogP contribution is 2.35. The molecule has 0 aliphatic carbocycles. The maximum absolute atomic E-state index is 5.83. The highest BCUT2D eigenvalue weighted by atomic mass is 32.1. The second-order valence-corrected chi connectivity index (χ2v) is 5.83. The number of thiazole rings is 1. The van der Waals surface area contributed by atoms with E-state index in [9.17, 15) is 0 Å². The lowest BCUT2D eigenvalue weighted by Crippen LogP contribution is -2.21. The molecule has 3 heterocycles. The van der Waals surface area contributed by atoms with Gasteiger partial charge in [0.25, 0.3) is 5.89 Å². The van der Waals surface area contributed by atoms with E-state index in [4.69, 9.17) is 14.0 Å². The third kappa shape index (κ3) is 2.25. The predicted molar refractivity (Wildman–Crippen MR) is 75.4 cm³/mol. The Bertz CT molecular complexity index is 783. The van der Waals surface area contributed by atoms with Gasteiger partial charge in [-0.15, -0.1) is 11.3 Å². The van der Waals surface area contributed by atoms with Gasteiger partial charge in [-0.05, 0) is 19.1 Å². The minimum absolute atomic E-state index is 0.343. The molecule has 21 heavy (non-hydrogen) atoms. The number of fused-ring (bicyclic) bond motifs is 1. The second-order valence-electron chi connectivity index (χ2n) is 4.60. The maximum Gasteiger partial charge on any atom is 0.271 e. The van der Waals surface area contributed by atoms with Gasteiger partial charge in [0.1, 0.15) is 6.61 Å². The van der Waals surface area contributed by atoms with Crippen molar-refractivity contribution < 1.29 is 14.0 Å². The zero-order chi connectivity index (χ0) is 14.2. The van der Waals surface area contributed by atoms with Crippen LogP contribution < -0.4 is 9.47 Å². The Hall–Kier alpha value is -2.41. The molecule has 0 radical (unpaired) electrons. The van der Waals surface area contributed by atoms with E-state index in [1.165, 1.54) is 11.3 Å². The number of hydrogen-bond donors (Lipinski definition) is 0. The summed E-state index contributed by atoms with van der Waals surface area (Å²) in [5, 5.41) is 4.69. The summed E-state index contributed by atoms with van der Waals surface area (Å²) in [6, 6.07) is 7.51. The molecule has 1 aromatic carbocycles. The number of nitrogens with zero attached hydrogens (tertiary/aromatic N) is 3. The summed E-state index contributed by atoms with van der Waals surface area (Å²) in [6.45, 7) is 2.33. The molecule has 0 spiro atoms. The first-order valence-corrected chi connectivity index (χ1v) is 7.26. The Balaban J connectivity index is 1.60. The van der Waals surface area contributed by atoms with Crippen molar-refractivity contribution in [1.82, 2.24) is 15.1 Å². The van der Waals surface area contributed by atoms with Crippen LogP contribution in [0, 0.1) is 6.92 Å². The number of para-hydroxylation sites is 2. The second kappa shape index (κ2) is 4.85. The van der Waals surface area contributed by atoms with Crippen LogP contribution in [0.4, 0.5) is 0 Å². The standard InChI is InChI=1S/C14H11N3O3S/c1-8-6-15-14(21-8)12-16-13(20-17-12)11-7-18-9-4-2-3-5-10(9)19-11/h2-6,11H,7H2,1H3. The molecule has 1 atom stereocenters. The highest BCUT2D eigenvalue weighted by Gasteiger charge is 2.28. The minimum Gasteiger partial charge on any atom is -0.485 e. The van der Waals surface area contributed by atoms with Crippen molar-refractivity contribution in [2.45, 2.75) is 13.0 Å². The molecule has 6 nitrogen and oxygen atoms in total. The van der Waals surface area contributed by atoms with E-state index >= 15 is 0 Å². The van der Waals surface area contributed by atoms with E-state index in [2.05, 4.69) is 15.1 Å². The zero-order valence-electron chi connectivity index (χ0n) is 11.1. The number of rotatable bonds is 2. The van der Waals surface area contributed by atoms with Crippen molar-refractivity contribution >= 4 is 11.3 Å². The molecule has 1 aliphatic rings. The topological polar surface area (TPSA) is 70.3 Å². The van der Waals surface area contributed by atoms with Crippen molar-refractivity contribution in [2.75, 3.05) is 6.61 Å². The van der Waals surface area contributed by atoms with Crippen molar-refractivity contribution in [3.05, 3.63) is 41.2 Å². The lowest BCUT2D eigenvalue weighted by Gasteiger charge is -2.23. The van der Waals surface area contributed by atoms with Crippen LogP contribution in [-0.4, -0.2) is 21.7 Å². The summed E-state index contributed by atoms with van der Waals surface area (Å²) >= 11 is 1.52. The Morgan fingerprint density at radius 3 is 2.90 bits per heavy atom. The smallest absolute Gasteiger partial charge is 0.271 e. The summed E-state index contributed by atoms with van der Waals surface area (Å²) in [4.78, 5) is 9.70. The fourth-order valence-electron chi connectivity index (χ4n) is 2.05. The van der Waals surface area contributed by atoms with Crippen LogP contribution >= 0.6 is 11.3 Å². The monoisotopic (exact) mass is 301 g/mol. The van der Waals surface area contributed by atoms with Crippen molar-refractivity contribution in [2.24, 2.45) is 0 Å². The molecular weight excluding hydrogens is 290 g/mol. The summed E-state index contributed by atoms with van der Waals surface area (Å²) in [5.41, 5.74) is 0. The quantitative estimate of drug-likeness (QED) is 0.724. The van der Waals surface area contributed by atoms with Gasteiger partial charge >= 0.3 is 0 Å².